The van der Waals surface area contributed by atoms with E-state index in [1.54, 1.807) is 12.1 Å². The molecule has 0 radical (unpaired) electrons. The summed E-state index contributed by atoms with van der Waals surface area (Å²) in [4.78, 5) is 0.719. The van der Waals surface area contributed by atoms with E-state index in [2.05, 4.69) is 12.1 Å². The van der Waals surface area contributed by atoms with Gasteiger partial charge in [0.25, 0.3) is 0 Å². The summed E-state index contributed by atoms with van der Waals surface area (Å²) in [5, 5.41) is 0. The molecule has 1 heterocycles. The number of benzene rings is 3. The Morgan fingerprint density at radius 2 is 1.33 bits per heavy atom. The SMILES string of the molecule is Cc1ccc(S(=O)(=O)c2c(C)c(Cc3ccccc3)n(C)c2-c2ccccc2)cc1. The first-order valence-corrected chi connectivity index (χ1v) is 11.5. The van der Waals surface area contributed by atoms with Crippen LogP contribution in [0.2, 0.25) is 0 Å². The van der Waals surface area contributed by atoms with Crippen molar-refractivity contribution in [2.45, 2.75) is 30.1 Å². The van der Waals surface area contributed by atoms with Gasteiger partial charge in [0, 0.05) is 19.2 Å². The van der Waals surface area contributed by atoms with Gasteiger partial charge in [0.15, 0.2) is 0 Å². The lowest BCUT2D eigenvalue weighted by Crippen LogP contribution is -2.05. The lowest BCUT2D eigenvalue weighted by molar-refractivity contribution is 0.596. The van der Waals surface area contributed by atoms with Crippen LogP contribution in [0.4, 0.5) is 0 Å². The van der Waals surface area contributed by atoms with Crippen LogP contribution in [0.3, 0.4) is 0 Å². The van der Waals surface area contributed by atoms with Gasteiger partial charge in [0.2, 0.25) is 9.84 Å². The molecule has 4 heteroatoms. The van der Waals surface area contributed by atoms with Crippen molar-refractivity contribution in [2.75, 3.05) is 0 Å². The molecule has 0 fully saturated rings. The van der Waals surface area contributed by atoms with Crippen molar-refractivity contribution < 1.29 is 8.42 Å². The number of rotatable bonds is 5. The maximum Gasteiger partial charge on any atom is 0.209 e. The van der Waals surface area contributed by atoms with Gasteiger partial charge in [0.05, 0.1) is 10.6 Å². The average Bonchev–Trinajstić information content (AvgIpc) is 3.01. The maximum atomic E-state index is 13.8. The minimum atomic E-state index is -3.68. The summed E-state index contributed by atoms with van der Waals surface area (Å²) in [6.45, 7) is 3.88. The Balaban J connectivity index is 1.97. The first-order valence-electron chi connectivity index (χ1n) is 9.99. The van der Waals surface area contributed by atoms with Crippen molar-refractivity contribution in [2.24, 2.45) is 7.05 Å². The summed E-state index contributed by atoms with van der Waals surface area (Å²) in [6.07, 6.45) is 0.673. The summed E-state index contributed by atoms with van der Waals surface area (Å²) in [5.41, 5.74) is 5.63. The molecule has 3 aromatic carbocycles. The summed E-state index contributed by atoms with van der Waals surface area (Å²) >= 11 is 0. The Hall–Kier alpha value is -3.11. The molecule has 0 aliphatic carbocycles. The van der Waals surface area contributed by atoms with E-state index < -0.39 is 9.84 Å². The summed E-state index contributed by atoms with van der Waals surface area (Å²) in [6, 6.07) is 27.0. The fourth-order valence-corrected chi connectivity index (χ4v) is 5.73. The monoisotopic (exact) mass is 415 g/mol. The zero-order valence-corrected chi connectivity index (χ0v) is 18.3. The van der Waals surface area contributed by atoms with Gasteiger partial charge in [-0.15, -0.1) is 0 Å². The molecule has 0 saturated carbocycles. The highest BCUT2D eigenvalue weighted by Crippen LogP contribution is 2.38. The van der Waals surface area contributed by atoms with Gasteiger partial charge in [-0.1, -0.05) is 78.4 Å². The minimum Gasteiger partial charge on any atom is -0.346 e. The van der Waals surface area contributed by atoms with Crippen LogP contribution < -0.4 is 0 Å². The number of aryl methyl sites for hydroxylation is 1. The molecule has 0 spiro atoms. The van der Waals surface area contributed by atoms with Crippen LogP contribution in [-0.2, 0) is 23.3 Å². The van der Waals surface area contributed by atoms with Crippen molar-refractivity contribution in [1.29, 1.82) is 0 Å². The molecule has 0 unspecified atom stereocenters. The van der Waals surface area contributed by atoms with E-state index in [4.69, 9.17) is 0 Å². The van der Waals surface area contributed by atoms with Gasteiger partial charge in [-0.2, -0.15) is 0 Å². The molecule has 0 atom stereocenters. The van der Waals surface area contributed by atoms with Crippen molar-refractivity contribution in [1.82, 2.24) is 4.57 Å². The molecular weight excluding hydrogens is 390 g/mol. The zero-order chi connectivity index (χ0) is 21.3. The number of sulfone groups is 1. The van der Waals surface area contributed by atoms with E-state index in [1.807, 2.05) is 86.1 Å². The number of hydrogen-bond donors (Lipinski definition) is 0. The second-order valence-corrected chi connectivity index (χ2v) is 9.54. The lowest BCUT2D eigenvalue weighted by atomic mass is 10.1. The molecule has 1 aromatic heterocycles. The van der Waals surface area contributed by atoms with Crippen LogP contribution in [0, 0.1) is 13.8 Å². The normalized spacial score (nSPS) is 11.6. The lowest BCUT2D eigenvalue weighted by Gasteiger charge is -2.11. The Morgan fingerprint density at radius 3 is 1.93 bits per heavy atom. The van der Waals surface area contributed by atoms with E-state index in [1.165, 1.54) is 0 Å². The quantitative estimate of drug-likeness (QED) is 0.417. The van der Waals surface area contributed by atoms with E-state index in [9.17, 15) is 8.42 Å². The predicted octanol–water partition coefficient (Wildman–Crippen LogP) is 5.73. The third-order valence-electron chi connectivity index (χ3n) is 5.59. The minimum absolute atomic E-state index is 0.324. The summed E-state index contributed by atoms with van der Waals surface area (Å²) in [5.74, 6) is 0. The first-order chi connectivity index (χ1) is 14.4. The predicted molar refractivity (Wildman–Crippen MR) is 121 cm³/mol. The van der Waals surface area contributed by atoms with Crippen LogP contribution in [0.1, 0.15) is 22.4 Å². The van der Waals surface area contributed by atoms with E-state index in [0.717, 1.165) is 33.6 Å². The van der Waals surface area contributed by atoms with Crippen molar-refractivity contribution >= 4 is 9.84 Å². The molecule has 0 saturated heterocycles. The largest absolute Gasteiger partial charge is 0.346 e. The highest BCUT2D eigenvalue weighted by Gasteiger charge is 2.30. The Bertz CT molecular complexity index is 1270. The molecule has 30 heavy (non-hydrogen) atoms. The molecule has 3 nitrogen and oxygen atoms in total. The van der Waals surface area contributed by atoms with Gasteiger partial charge in [-0.3, -0.25) is 0 Å². The summed E-state index contributed by atoms with van der Waals surface area (Å²) < 4.78 is 29.6. The topological polar surface area (TPSA) is 39.1 Å². The molecule has 152 valence electrons. The van der Waals surface area contributed by atoms with Gasteiger partial charge in [-0.05, 0) is 42.7 Å². The summed E-state index contributed by atoms with van der Waals surface area (Å²) in [7, 11) is -1.72. The van der Waals surface area contributed by atoms with Crippen LogP contribution in [0.5, 0.6) is 0 Å². The Kier molecular flexibility index (Phi) is 5.35. The van der Waals surface area contributed by atoms with Crippen LogP contribution in [0.15, 0.2) is 94.7 Å². The molecular formula is C26H25NO2S. The number of hydrogen-bond acceptors (Lipinski definition) is 2. The third-order valence-corrected chi connectivity index (χ3v) is 7.52. The van der Waals surface area contributed by atoms with Crippen molar-refractivity contribution in [3.8, 4) is 11.3 Å². The van der Waals surface area contributed by atoms with Gasteiger partial charge in [-0.25, -0.2) is 8.42 Å². The molecule has 0 aliphatic rings. The molecule has 0 N–H and O–H groups in total. The number of aromatic nitrogens is 1. The second-order valence-electron chi connectivity index (χ2n) is 7.65. The third kappa shape index (κ3) is 3.59. The highest BCUT2D eigenvalue weighted by molar-refractivity contribution is 7.91. The average molecular weight is 416 g/mol. The van der Waals surface area contributed by atoms with Crippen molar-refractivity contribution in [3.05, 3.63) is 107 Å². The van der Waals surface area contributed by atoms with E-state index >= 15 is 0 Å². The fraction of sp³-hybridized carbons (Fsp3) is 0.154. The standard InChI is InChI=1S/C26H25NO2S/c1-19-14-16-23(17-15-19)30(28,29)26-20(2)24(18-21-10-6-4-7-11-21)27(3)25(26)22-12-8-5-9-13-22/h4-17H,18H2,1-3H3. The smallest absolute Gasteiger partial charge is 0.209 e. The van der Waals surface area contributed by atoms with Crippen LogP contribution >= 0.6 is 0 Å². The van der Waals surface area contributed by atoms with Crippen LogP contribution in [0.25, 0.3) is 11.3 Å². The molecule has 4 rings (SSSR count). The zero-order valence-electron chi connectivity index (χ0n) is 17.5. The Morgan fingerprint density at radius 1 is 0.767 bits per heavy atom. The highest BCUT2D eigenvalue weighted by atomic mass is 32.2. The van der Waals surface area contributed by atoms with Crippen LogP contribution in [-0.4, -0.2) is 13.0 Å². The van der Waals surface area contributed by atoms with Gasteiger partial charge in [0.1, 0.15) is 4.90 Å². The van der Waals surface area contributed by atoms with E-state index in [0.29, 0.717) is 16.2 Å². The number of nitrogens with zero attached hydrogens (tertiary/aromatic N) is 1. The van der Waals surface area contributed by atoms with Crippen molar-refractivity contribution in [3.63, 3.8) is 0 Å². The molecule has 4 aromatic rings. The second kappa shape index (κ2) is 7.96. The Labute approximate surface area is 178 Å². The van der Waals surface area contributed by atoms with E-state index in [-0.39, 0.29) is 0 Å². The van der Waals surface area contributed by atoms with Gasteiger partial charge >= 0.3 is 0 Å². The fourth-order valence-electron chi connectivity index (χ4n) is 3.97. The molecule has 0 aliphatic heterocycles. The first kappa shape index (κ1) is 20.2. The molecule has 0 amide bonds. The molecule has 0 bridgehead atoms. The van der Waals surface area contributed by atoms with Gasteiger partial charge < -0.3 is 4.57 Å². The maximum absolute atomic E-state index is 13.8.